The number of nitrogens with one attached hydrogen (secondary N) is 1. The average Bonchev–Trinajstić information content (AvgIpc) is 2.78. The highest BCUT2D eigenvalue weighted by Gasteiger charge is 2.49. The molecule has 0 unspecified atom stereocenters. The Hall–Kier alpha value is -1.82. The molecule has 0 bridgehead atoms. The smallest absolute Gasteiger partial charge is 0.462 e. The Kier molecular flexibility index (Phi) is 6.45. The van der Waals surface area contributed by atoms with Gasteiger partial charge in [-0.2, -0.15) is 21.6 Å². The maximum Gasteiger partial charge on any atom is 0.534 e. The van der Waals surface area contributed by atoms with Crippen LogP contribution in [0.5, 0.6) is 5.88 Å². The number of likely N-dealkylation sites (N-methyl/N-ethyl adjacent to an activating group) is 1. The molecular weight excluding hydrogens is 367 g/mol. The molecule has 1 N–H and O–H groups in total. The number of aromatic nitrogens is 2. The second kappa shape index (κ2) is 7.60. The monoisotopic (exact) mass is 387 g/mol. The summed E-state index contributed by atoms with van der Waals surface area (Å²) in [6.07, 6.45) is 0.380. The Bertz CT molecular complexity index is 695. The van der Waals surface area contributed by atoms with Crippen molar-refractivity contribution < 1.29 is 35.3 Å². The number of nitrogens with zero attached hydrogens (tertiary/aromatic N) is 2. The second-order valence-electron chi connectivity index (χ2n) is 6.28. The molecule has 12 heteroatoms. The van der Waals surface area contributed by atoms with E-state index in [0.717, 1.165) is 0 Å². The van der Waals surface area contributed by atoms with Crippen molar-refractivity contribution in [2.24, 2.45) is 0 Å². The first kappa shape index (κ1) is 21.2. The van der Waals surface area contributed by atoms with Gasteiger partial charge in [-0.3, -0.25) is 9.89 Å². The molecule has 25 heavy (non-hydrogen) atoms. The van der Waals surface area contributed by atoms with Crippen LogP contribution in [0.1, 0.15) is 32.0 Å². The lowest BCUT2D eigenvalue weighted by atomic mass is 10.1. The van der Waals surface area contributed by atoms with Gasteiger partial charge in [0.15, 0.2) is 0 Å². The minimum atomic E-state index is -5.66. The summed E-state index contributed by atoms with van der Waals surface area (Å²) >= 11 is 0. The molecule has 0 radical (unpaired) electrons. The predicted molar refractivity (Wildman–Crippen MR) is 81.1 cm³/mol. The van der Waals surface area contributed by atoms with Crippen molar-refractivity contribution in [3.8, 4) is 5.88 Å². The Morgan fingerprint density at radius 1 is 1.28 bits per heavy atom. The van der Waals surface area contributed by atoms with Crippen molar-refractivity contribution >= 4 is 16.6 Å². The lowest BCUT2D eigenvalue weighted by molar-refractivity contribution is -0.138. The number of ether oxygens (including phenoxy) is 1. The summed E-state index contributed by atoms with van der Waals surface area (Å²) in [5.74, 6) is -0.518. The van der Waals surface area contributed by atoms with Crippen molar-refractivity contribution in [1.29, 1.82) is 0 Å². The average molecular weight is 387 g/mol. The van der Waals surface area contributed by atoms with Crippen LogP contribution in [-0.2, 0) is 32.6 Å². The summed E-state index contributed by atoms with van der Waals surface area (Å²) in [6.45, 7) is 6.97. The third-order valence-electron chi connectivity index (χ3n) is 2.96. The van der Waals surface area contributed by atoms with Crippen molar-refractivity contribution in [1.82, 2.24) is 15.1 Å². The van der Waals surface area contributed by atoms with Crippen molar-refractivity contribution in [2.45, 2.75) is 44.8 Å². The second-order valence-corrected chi connectivity index (χ2v) is 7.82. The van der Waals surface area contributed by atoms with Crippen LogP contribution < -0.4 is 4.18 Å². The molecule has 8 nitrogen and oxygen atoms in total. The van der Waals surface area contributed by atoms with Gasteiger partial charge in [-0.1, -0.05) is 0 Å². The Balaban J connectivity index is 0.000000381. The molecule has 1 aromatic rings. The van der Waals surface area contributed by atoms with Gasteiger partial charge in [-0.25, -0.2) is 0 Å². The largest absolute Gasteiger partial charge is 0.534 e. The van der Waals surface area contributed by atoms with E-state index in [1.807, 2.05) is 32.7 Å². The number of hydrogen-bond donors (Lipinski definition) is 1. The minimum absolute atomic E-state index is 0.318. The van der Waals surface area contributed by atoms with E-state index < -0.39 is 21.5 Å². The number of rotatable bonds is 3. The SMILES string of the molecule is CC(C)(C)OC=O.CN1CCc2c(OS(=O)(=O)C(F)(F)F)n[nH]c2C1. The number of carbonyl (C=O) groups is 1. The summed E-state index contributed by atoms with van der Waals surface area (Å²) in [6, 6.07) is 0. The van der Waals surface area contributed by atoms with Gasteiger partial charge in [0.05, 0.1) is 5.69 Å². The molecule has 2 rings (SSSR count). The predicted octanol–water partition coefficient (Wildman–Crippen LogP) is 1.58. The third kappa shape index (κ3) is 6.20. The van der Waals surface area contributed by atoms with Gasteiger partial charge in [-0.15, -0.1) is 5.10 Å². The Labute approximate surface area is 143 Å². The zero-order chi connectivity index (χ0) is 19.5. The molecule has 0 atom stereocenters. The van der Waals surface area contributed by atoms with Crippen LogP contribution in [-0.4, -0.2) is 54.7 Å². The molecule has 0 spiro atoms. The van der Waals surface area contributed by atoms with Crippen LogP contribution in [0.4, 0.5) is 13.2 Å². The Morgan fingerprint density at radius 3 is 2.32 bits per heavy atom. The van der Waals surface area contributed by atoms with Gasteiger partial charge in [0, 0.05) is 18.7 Å². The van der Waals surface area contributed by atoms with Gasteiger partial charge in [0.2, 0.25) is 0 Å². The van der Waals surface area contributed by atoms with E-state index in [9.17, 15) is 26.4 Å². The summed E-state index contributed by atoms with van der Waals surface area (Å²) in [4.78, 5) is 11.5. The van der Waals surface area contributed by atoms with Crippen LogP contribution >= 0.6 is 0 Å². The van der Waals surface area contributed by atoms with Gasteiger partial charge < -0.3 is 13.8 Å². The molecular formula is C13H20F3N3O5S. The molecule has 0 aliphatic carbocycles. The molecule has 1 aliphatic heterocycles. The van der Waals surface area contributed by atoms with E-state index in [1.54, 1.807) is 0 Å². The van der Waals surface area contributed by atoms with Gasteiger partial charge in [-0.05, 0) is 34.2 Å². The van der Waals surface area contributed by atoms with E-state index in [1.165, 1.54) is 0 Å². The van der Waals surface area contributed by atoms with Crippen LogP contribution in [0.3, 0.4) is 0 Å². The molecule has 0 fully saturated rings. The maximum atomic E-state index is 12.2. The number of H-pyrrole nitrogens is 1. The zero-order valence-electron chi connectivity index (χ0n) is 14.2. The van der Waals surface area contributed by atoms with Crippen LogP contribution in [0.15, 0.2) is 0 Å². The standard InChI is InChI=1S/C8H10F3N3O3S.C5H10O2/c1-14-3-2-5-6(4-14)12-13-7(5)17-18(15,16)8(9,10)11;1-5(2,3)7-4-6/h2-4H2,1H3,(H,12,13);4H,1-3H3. The quantitative estimate of drug-likeness (QED) is 0.477. The van der Waals surface area contributed by atoms with E-state index in [-0.39, 0.29) is 5.60 Å². The molecule has 0 amide bonds. The molecule has 2 heterocycles. The fourth-order valence-electron chi connectivity index (χ4n) is 1.79. The van der Waals surface area contributed by atoms with Crippen LogP contribution in [0.2, 0.25) is 0 Å². The highest BCUT2D eigenvalue weighted by molar-refractivity contribution is 7.87. The molecule has 0 aromatic carbocycles. The van der Waals surface area contributed by atoms with Crippen LogP contribution in [0, 0.1) is 0 Å². The minimum Gasteiger partial charge on any atom is -0.462 e. The molecule has 0 saturated heterocycles. The maximum absolute atomic E-state index is 12.2. The van der Waals surface area contributed by atoms with E-state index in [2.05, 4.69) is 19.1 Å². The van der Waals surface area contributed by atoms with Gasteiger partial charge in [0.25, 0.3) is 12.4 Å². The molecule has 0 saturated carbocycles. The summed E-state index contributed by atoms with van der Waals surface area (Å²) in [5.41, 5.74) is -4.83. The van der Waals surface area contributed by atoms with Gasteiger partial charge in [0.1, 0.15) is 5.60 Å². The summed E-state index contributed by atoms with van der Waals surface area (Å²) in [7, 11) is -3.83. The molecule has 144 valence electrons. The summed E-state index contributed by atoms with van der Waals surface area (Å²) in [5, 5.41) is 5.96. The van der Waals surface area contributed by atoms with Crippen LogP contribution in [0.25, 0.3) is 0 Å². The number of aromatic amines is 1. The summed E-state index contributed by atoms with van der Waals surface area (Å²) < 4.78 is 66.8. The fourth-order valence-corrected chi connectivity index (χ4v) is 2.23. The van der Waals surface area contributed by atoms with E-state index in [4.69, 9.17) is 0 Å². The number of alkyl halides is 3. The van der Waals surface area contributed by atoms with Crippen molar-refractivity contribution in [3.05, 3.63) is 11.3 Å². The first-order chi connectivity index (χ1) is 11.3. The lowest BCUT2D eigenvalue weighted by Crippen LogP contribution is -2.29. The van der Waals surface area contributed by atoms with Crippen molar-refractivity contribution in [2.75, 3.05) is 13.6 Å². The number of fused-ring (bicyclic) bond motifs is 1. The first-order valence-electron chi connectivity index (χ1n) is 7.13. The van der Waals surface area contributed by atoms with Gasteiger partial charge >= 0.3 is 15.6 Å². The first-order valence-corrected chi connectivity index (χ1v) is 8.54. The topological polar surface area (TPSA) is 102 Å². The number of hydrogen-bond acceptors (Lipinski definition) is 7. The zero-order valence-corrected chi connectivity index (χ0v) is 15.0. The third-order valence-corrected chi connectivity index (χ3v) is 3.90. The fraction of sp³-hybridized carbons (Fsp3) is 0.692. The molecule has 1 aliphatic rings. The number of halogens is 3. The normalized spacial score (nSPS) is 15.6. The van der Waals surface area contributed by atoms with E-state index in [0.29, 0.717) is 37.2 Å². The lowest BCUT2D eigenvalue weighted by Gasteiger charge is -2.21. The molecule has 1 aromatic heterocycles. The highest BCUT2D eigenvalue weighted by Crippen LogP contribution is 2.30. The van der Waals surface area contributed by atoms with Crippen molar-refractivity contribution in [3.63, 3.8) is 0 Å². The Morgan fingerprint density at radius 2 is 1.88 bits per heavy atom. The van der Waals surface area contributed by atoms with E-state index >= 15 is 0 Å². The number of carbonyl (C=O) groups excluding carboxylic acids is 1. The highest BCUT2D eigenvalue weighted by atomic mass is 32.2.